The zero-order valence-corrected chi connectivity index (χ0v) is 10.8. The van der Waals surface area contributed by atoms with Crippen molar-refractivity contribution in [2.45, 2.75) is 13.3 Å². The zero-order chi connectivity index (χ0) is 13.7. The summed E-state index contributed by atoms with van der Waals surface area (Å²) in [5, 5.41) is 2.71. The fraction of sp³-hybridized carbons (Fsp3) is 0.214. The summed E-state index contributed by atoms with van der Waals surface area (Å²) in [5.41, 5.74) is 0.881. The number of carbonyl (C=O) groups is 1. The van der Waals surface area contributed by atoms with Gasteiger partial charge in [0, 0.05) is 6.07 Å². The minimum absolute atomic E-state index is 0.139. The third-order valence-electron chi connectivity index (χ3n) is 2.48. The average molecular weight is 256 g/mol. The number of rotatable bonds is 4. The van der Waals surface area contributed by atoms with E-state index in [9.17, 15) is 4.79 Å². The van der Waals surface area contributed by atoms with Crippen molar-refractivity contribution in [1.29, 1.82) is 0 Å². The van der Waals surface area contributed by atoms with Gasteiger partial charge in [0.2, 0.25) is 5.91 Å². The molecule has 97 valence electrons. The van der Waals surface area contributed by atoms with E-state index in [2.05, 4.69) is 21.5 Å². The first kappa shape index (κ1) is 13.0. The Morgan fingerprint density at radius 2 is 2.32 bits per heavy atom. The lowest BCUT2D eigenvalue weighted by Crippen LogP contribution is -2.15. The molecule has 1 aromatic heterocycles. The number of nitrogens with one attached hydrogen (secondary N) is 1. The third kappa shape index (κ3) is 3.77. The smallest absolute Gasteiger partial charge is 0.229 e. The van der Waals surface area contributed by atoms with E-state index in [0.717, 1.165) is 11.3 Å². The largest absolute Gasteiger partial charge is 0.497 e. The molecule has 1 heterocycles. The van der Waals surface area contributed by atoms with Crippen LogP contribution in [0.3, 0.4) is 0 Å². The van der Waals surface area contributed by atoms with Crippen LogP contribution in [0.1, 0.15) is 11.4 Å². The molecule has 5 nitrogen and oxygen atoms in total. The number of hydrogen-bond acceptors (Lipinski definition) is 4. The minimum atomic E-state index is -0.139. The number of anilines is 1. The van der Waals surface area contributed by atoms with Gasteiger partial charge < -0.3 is 10.1 Å². The van der Waals surface area contributed by atoms with Gasteiger partial charge in [-0.2, -0.15) is 0 Å². The van der Waals surface area contributed by atoms with E-state index in [1.165, 1.54) is 6.07 Å². The number of ether oxygens (including phenoxy) is 1. The molecular weight excluding hydrogens is 242 g/mol. The second-order valence-corrected chi connectivity index (χ2v) is 4.01. The monoisotopic (exact) mass is 256 g/mol. The maximum Gasteiger partial charge on any atom is 0.229 e. The Bertz CT molecular complexity index is 584. The summed E-state index contributed by atoms with van der Waals surface area (Å²) < 4.78 is 5.11. The van der Waals surface area contributed by atoms with E-state index in [4.69, 9.17) is 4.74 Å². The highest BCUT2D eigenvalue weighted by Gasteiger charge is 2.06. The first-order valence-corrected chi connectivity index (χ1v) is 5.82. The van der Waals surface area contributed by atoms with Crippen molar-refractivity contribution < 1.29 is 9.53 Å². The summed E-state index contributed by atoms with van der Waals surface area (Å²) in [6.07, 6.45) is 2.93. The summed E-state index contributed by atoms with van der Waals surface area (Å²) in [7, 11) is 1.60. The molecular formula is C14H14N3O2. The number of aryl methyl sites for hydroxylation is 1. The van der Waals surface area contributed by atoms with Crippen LogP contribution in [0.25, 0.3) is 0 Å². The molecule has 0 unspecified atom stereocenters. The quantitative estimate of drug-likeness (QED) is 0.905. The average Bonchev–Trinajstić information content (AvgIpc) is 2.38. The third-order valence-corrected chi connectivity index (χ3v) is 2.48. The molecule has 0 atom stereocenters. The summed E-state index contributed by atoms with van der Waals surface area (Å²) in [5.74, 6) is 1.62. The molecule has 1 radical (unpaired) electrons. The number of methoxy groups -OCH3 is 1. The van der Waals surface area contributed by atoms with Crippen molar-refractivity contribution in [1.82, 2.24) is 9.97 Å². The van der Waals surface area contributed by atoms with Crippen LogP contribution < -0.4 is 10.1 Å². The van der Waals surface area contributed by atoms with Crippen molar-refractivity contribution in [3.8, 4) is 5.75 Å². The number of benzene rings is 1. The van der Waals surface area contributed by atoms with E-state index in [-0.39, 0.29) is 12.3 Å². The summed E-state index contributed by atoms with van der Waals surface area (Å²) in [4.78, 5) is 19.8. The normalized spacial score (nSPS) is 10.0. The minimum Gasteiger partial charge on any atom is -0.497 e. The maximum absolute atomic E-state index is 11.9. The van der Waals surface area contributed by atoms with E-state index in [0.29, 0.717) is 11.6 Å². The molecule has 0 aliphatic heterocycles. The topological polar surface area (TPSA) is 64.1 Å². The highest BCUT2D eigenvalue weighted by molar-refractivity contribution is 5.91. The summed E-state index contributed by atoms with van der Waals surface area (Å²) in [6.45, 7) is 1.74. The highest BCUT2D eigenvalue weighted by atomic mass is 16.5. The van der Waals surface area contributed by atoms with E-state index in [1.807, 2.05) is 24.3 Å². The molecule has 0 fully saturated rings. The number of amides is 1. The molecule has 1 N–H and O–H groups in total. The SMILES string of the molecule is COc1cccc(CC(=O)Nc2c[c]nc(C)n2)c1. The van der Waals surface area contributed by atoms with E-state index >= 15 is 0 Å². The Balaban J connectivity index is 2.01. The standard InChI is InChI=1S/C14H14N3O2/c1-10-15-7-6-13(16-10)17-14(18)9-11-4-3-5-12(8-11)19-2/h3-6,8H,9H2,1-2H3,(H,15,16,17,18). The Morgan fingerprint density at radius 3 is 3.05 bits per heavy atom. The molecule has 0 aliphatic rings. The first-order chi connectivity index (χ1) is 9.17. The van der Waals surface area contributed by atoms with Gasteiger partial charge in [0.1, 0.15) is 17.4 Å². The van der Waals surface area contributed by atoms with Crippen molar-refractivity contribution in [3.63, 3.8) is 0 Å². The van der Waals surface area contributed by atoms with Gasteiger partial charge in [-0.3, -0.25) is 4.79 Å². The zero-order valence-electron chi connectivity index (χ0n) is 10.8. The van der Waals surface area contributed by atoms with Crippen LogP contribution in [0.15, 0.2) is 30.3 Å². The van der Waals surface area contributed by atoms with Crippen LogP contribution in [-0.4, -0.2) is 23.0 Å². The molecule has 2 aromatic rings. The molecule has 2 rings (SSSR count). The molecule has 1 aromatic carbocycles. The van der Waals surface area contributed by atoms with Gasteiger partial charge in [-0.05, 0) is 24.6 Å². The van der Waals surface area contributed by atoms with Crippen LogP contribution in [-0.2, 0) is 11.2 Å². The summed E-state index contributed by atoms with van der Waals surface area (Å²) in [6, 6.07) is 8.93. The second kappa shape index (κ2) is 5.95. The first-order valence-electron chi connectivity index (χ1n) is 5.82. The van der Waals surface area contributed by atoms with E-state index in [1.54, 1.807) is 14.0 Å². The predicted molar refractivity (Wildman–Crippen MR) is 70.9 cm³/mol. The van der Waals surface area contributed by atoms with Gasteiger partial charge in [-0.15, -0.1) is 0 Å². The van der Waals surface area contributed by atoms with E-state index < -0.39 is 0 Å². The number of carbonyl (C=O) groups excluding carboxylic acids is 1. The van der Waals surface area contributed by atoms with Crippen molar-refractivity contribution >= 4 is 11.7 Å². The lowest BCUT2D eigenvalue weighted by atomic mass is 10.1. The lowest BCUT2D eigenvalue weighted by molar-refractivity contribution is -0.115. The molecule has 0 saturated carbocycles. The van der Waals surface area contributed by atoms with Crippen molar-refractivity contribution in [3.05, 3.63) is 47.9 Å². The number of hydrogen-bond donors (Lipinski definition) is 1. The maximum atomic E-state index is 11.9. The van der Waals surface area contributed by atoms with Gasteiger partial charge in [0.15, 0.2) is 0 Å². The van der Waals surface area contributed by atoms with Crippen molar-refractivity contribution in [2.75, 3.05) is 12.4 Å². The van der Waals surface area contributed by atoms with Crippen molar-refractivity contribution in [2.24, 2.45) is 0 Å². The van der Waals surface area contributed by atoms with Crippen LogP contribution in [0.5, 0.6) is 5.75 Å². The predicted octanol–water partition coefficient (Wildman–Crippen LogP) is 1.78. The second-order valence-electron chi connectivity index (χ2n) is 4.01. The van der Waals surface area contributed by atoms with Gasteiger partial charge in [-0.25, -0.2) is 9.97 Å². The molecule has 5 heteroatoms. The van der Waals surface area contributed by atoms with Gasteiger partial charge in [0.25, 0.3) is 0 Å². The lowest BCUT2D eigenvalue weighted by Gasteiger charge is -2.06. The van der Waals surface area contributed by atoms with Gasteiger partial charge in [0.05, 0.1) is 19.7 Å². The fourth-order valence-corrected chi connectivity index (χ4v) is 1.64. The van der Waals surface area contributed by atoms with Gasteiger partial charge in [-0.1, -0.05) is 12.1 Å². The van der Waals surface area contributed by atoms with Gasteiger partial charge >= 0.3 is 0 Å². The van der Waals surface area contributed by atoms with Crippen LogP contribution in [0.2, 0.25) is 0 Å². The van der Waals surface area contributed by atoms with Crippen LogP contribution in [0.4, 0.5) is 5.82 Å². The highest BCUT2D eigenvalue weighted by Crippen LogP contribution is 2.13. The molecule has 0 saturated heterocycles. The fourth-order valence-electron chi connectivity index (χ4n) is 1.64. The van der Waals surface area contributed by atoms with Crippen LogP contribution in [0, 0.1) is 13.1 Å². The molecule has 19 heavy (non-hydrogen) atoms. The molecule has 0 bridgehead atoms. The molecule has 1 amide bonds. The Hall–Kier alpha value is -2.43. The Labute approximate surface area is 111 Å². The molecule has 0 spiro atoms. The number of aromatic nitrogens is 2. The Morgan fingerprint density at radius 1 is 1.47 bits per heavy atom. The Kier molecular flexibility index (Phi) is 4.07. The summed E-state index contributed by atoms with van der Waals surface area (Å²) >= 11 is 0. The molecule has 0 aliphatic carbocycles. The number of nitrogens with zero attached hydrogens (tertiary/aromatic N) is 2. The van der Waals surface area contributed by atoms with Crippen LogP contribution >= 0.6 is 0 Å².